The summed E-state index contributed by atoms with van der Waals surface area (Å²) in [6, 6.07) is 2.56. The van der Waals surface area contributed by atoms with Crippen LogP contribution in [0.3, 0.4) is 0 Å². The van der Waals surface area contributed by atoms with Gasteiger partial charge >= 0.3 is 5.97 Å². The van der Waals surface area contributed by atoms with E-state index in [9.17, 15) is 14.4 Å². The Labute approximate surface area is 96.9 Å². The molecule has 7 nitrogen and oxygen atoms in total. The molecule has 0 aliphatic rings. The standard InChI is InChI=1S/C10H13N3O4/c1-5(6(2)10(16)17)9(15)11-7-3-4-8(14)13-12-7/h3-6H,1-2H3,(H,13,14)(H,16,17)(H,11,12,15). The number of H-pyrrole nitrogens is 1. The monoisotopic (exact) mass is 239 g/mol. The predicted octanol–water partition coefficient (Wildman–Crippen LogP) is 0.0652. The Morgan fingerprint density at radius 3 is 2.47 bits per heavy atom. The van der Waals surface area contributed by atoms with Crippen LogP contribution in [0.5, 0.6) is 0 Å². The van der Waals surface area contributed by atoms with Crippen LogP contribution < -0.4 is 10.9 Å². The number of aromatic amines is 1. The fourth-order valence-corrected chi connectivity index (χ4v) is 1.10. The number of hydrogen-bond donors (Lipinski definition) is 3. The van der Waals surface area contributed by atoms with Crippen molar-refractivity contribution in [3.8, 4) is 0 Å². The van der Waals surface area contributed by atoms with E-state index in [4.69, 9.17) is 5.11 Å². The number of hydrogen-bond acceptors (Lipinski definition) is 4. The molecule has 17 heavy (non-hydrogen) atoms. The number of amides is 1. The van der Waals surface area contributed by atoms with Crippen molar-refractivity contribution >= 4 is 17.7 Å². The molecule has 0 saturated heterocycles. The number of carbonyl (C=O) groups excluding carboxylic acids is 1. The molecule has 2 atom stereocenters. The lowest BCUT2D eigenvalue weighted by atomic mass is 9.95. The first-order valence-corrected chi connectivity index (χ1v) is 5.01. The maximum Gasteiger partial charge on any atom is 0.307 e. The first-order chi connectivity index (χ1) is 7.91. The van der Waals surface area contributed by atoms with Crippen molar-refractivity contribution in [2.24, 2.45) is 11.8 Å². The molecular weight excluding hydrogens is 226 g/mol. The van der Waals surface area contributed by atoms with Crippen molar-refractivity contribution in [3.63, 3.8) is 0 Å². The summed E-state index contributed by atoms with van der Waals surface area (Å²) < 4.78 is 0. The molecule has 0 aliphatic carbocycles. The maximum absolute atomic E-state index is 11.6. The summed E-state index contributed by atoms with van der Waals surface area (Å²) in [7, 11) is 0. The van der Waals surface area contributed by atoms with Crippen molar-refractivity contribution in [2.45, 2.75) is 13.8 Å². The van der Waals surface area contributed by atoms with Crippen molar-refractivity contribution in [1.29, 1.82) is 0 Å². The molecule has 0 aliphatic heterocycles. The van der Waals surface area contributed by atoms with E-state index in [1.807, 2.05) is 0 Å². The van der Waals surface area contributed by atoms with Crippen LogP contribution in [0.4, 0.5) is 5.82 Å². The number of carboxylic acids is 1. The summed E-state index contributed by atoms with van der Waals surface area (Å²) in [6.07, 6.45) is 0. The van der Waals surface area contributed by atoms with Crippen LogP contribution in [-0.4, -0.2) is 27.2 Å². The minimum atomic E-state index is -1.04. The van der Waals surface area contributed by atoms with Gasteiger partial charge in [-0.25, -0.2) is 5.10 Å². The van der Waals surface area contributed by atoms with Crippen molar-refractivity contribution in [3.05, 3.63) is 22.5 Å². The van der Waals surface area contributed by atoms with E-state index in [2.05, 4.69) is 15.5 Å². The Hall–Kier alpha value is -2.18. The van der Waals surface area contributed by atoms with Crippen LogP contribution in [0.15, 0.2) is 16.9 Å². The lowest BCUT2D eigenvalue weighted by molar-refractivity contribution is -0.145. The number of carbonyl (C=O) groups is 2. The molecule has 0 bridgehead atoms. The van der Waals surface area contributed by atoms with Crippen molar-refractivity contribution in [2.75, 3.05) is 5.32 Å². The van der Waals surface area contributed by atoms with Crippen molar-refractivity contribution < 1.29 is 14.7 Å². The average Bonchev–Trinajstić information content (AvgIpc) is 2.30. The van der Waals surface area contributed by atoms with E-state index in [1.165, 1.54) is 26.0 Å². The van der Waals surface area contributed by atoms with Crippen LogP contribution in [-0.2, 0) is 9.59 Å². The predicted molar refractivity (Wildman–Crippen MR) is 59.5 cm³/mol. The minimum Gasteiger partial charge on any atom is -0.481 e. The largest absolute Gasteiger partial charge is 0.481 e. The van der Waals surface area contributed by atoms with Gasteiger partial charge in [0.25, 0.3) is 5.56 Å². The topological polar surface area (TPSA) is 112 Å². The highest BCUT2D eigenvalue weighted by molar-refractivity contribution is 5.93. The Morgan fingerprint density at radius 2 is 2.00 bits per heavy atom. The summed E-state index contributed by atoms with van der Waals surface area (Å²) in [6.45, 7) is 2.96. The molecule has 3 N–H and O–H groups in total. The third-order valence-corrected chi connectivity index (χ3v) is 2.48. The molecule has 0 fully saturated rings. The van der Waals surface area contributed by atoms with Gasteiger partial charge in [-0.2, -0.15) is 5.10 Å². The lowest BCUT2D eigenvalue weighted by Crippen LogP contribution is -2.30. The summed E-state index contributed by atoms with van der Waals surface area (Å²) >= 11 is 0. The highest BCUT2D eigenvalue weighted by atomic mass is 16.4. The third kappa shape index (κ3) is 3.40. The zero-order chi connectivity index (χ0) is 13.0. The number of aliphatic carboxylic acids is 1. The number of rotatable bonds is 4. The number of aromatic nitrogens is 2. The maximum atomic E-state index is 11.6. The molecule has 2 unspecified atom stereocenters. The summed E-state index contributed by atoms with van der Waals surface area (Å²) in [5.74, 6) is -2.81. The summed E-state index contributed by atoms with van der Waals surface area (Å²) in [5.41, 5.74) is -0.380. The zero-order valence-electron chi connectivity index (χ0n) is 9.43. The second-order valence-corrected chi connectivity index (χ2v) is 3.71. The molecule has 0 saturated carbocycles. The smallest absolute Gasteiger partial charge is 0.307 e. The Kier molecular flexibility index (Phi) is 3.97. The Bertz CT molecular complexity index is 462. The van der Waals surface area contributed by atoms with Gasteiger partial charge in [-0.3, -0.25) is 14.4 Å². The SMILES string of the molecule is CC(C(=O)O)C(C)C(=O)Nc1ccc(=O)[nH]n1. The highest BCUT2D eigenvalue weighted by Crippen LogP contribution is 2.13. The second kappa shape index (κ2) is 5.24. The van der Waals surface area contributed by atoms with E-state index >= 15 is 0 Å². The molecule has 0 radical (unpaired) electrons. The number of anilines is 1. The van der Waals surface area contributed by atoms with Crippen LogP contribution in [0.1, 0.15) is 13.8 Å². The van der Waals surface area contributed by atoms with Gasteiger partial charge in [0, 0.05) is 12.0 Å². The van der Waals surface area contributed by atoms with Crippen LogP contribution in [0, 0.1) is 11.8 Å². The van der Waals surface area contributed by atoms with Gasteiger partial charge in [0.05, 0.1) is 5.92 Å². The van der Waals surface area contributed by atoms with Crippen LogP contribution in [0.25, 0.3) is 0 Å². The summed E-state index contributed by atoms with van der Waals surface area (Å²) in [5, 5.41) is 16.9. The number of nitrogens with zero attached hydrogens (tertiary/aromatic N) is 1. The molecule has 0 spiro atoms. The molecule has 1 aromatic heterocycles. The fraction of sp³-hybridized carbons (Fsp3) is 0.400. The van der Waals surface area contributed by atoms with Crippen LogP contribution in [0.2, 0.25) is 0 Å². The van der Waals surface area contributed by atoms with Gasteiger partial charge in [-0.1, -0.05) is 13.8 Å². The molecule has 1 aromatic rings. The van der Waals surface area contributed by atoms with Gasteiger partial charge in [0.2, 0.25) is 5.91 Å². The molecule has 1 amide bonds. The first kappa shape index (κ1) is 12.9. The second-order valence-electron chi connectivity index (χ2n) is 3.71. The Balaban J connectivity index is 2.69. The first-order valence-electron chi connectivity index (χ1n) is 5.01. The van der Waals surface area contributed by atoms with Gasteiger partial charge in [0.15, 0.2) is 5.82 Å². The Morgan fingerprint density at radius 1 is 1.35 bits per heavy atom. The van der Waals surface area contributed by atoms with E-state index in [-0.39, 0.29) is 11.4 Å². The van der Waals surface area contributed by atoms with Crippen LogP contribution >= 0.6 is 0 Å². The normalized spacial score (nSPS) is 13.8. The molecule has 92 valence electrons. The zero-order valence-corrected chi connectivity index (χ0v) is 9.43. The van der Waals surface area contributed by atoms with Gasteiger partial charge in [0.1, 0.15) is 0 Å². The third-order valence-electron chi connectivity index (χ3n) is 2.48. The van der Waals surface area contributed by atoms with Gasteiger partial charge < -0.3 is 10.4 Å². The van der Waals surface area contributed by atoms with E-state index < -0.39 is 23.7 Å². The van der Waals surface area contributed by atoms with Crippen molar-refractivity contribution in [1.82, 2.24) is 10.2 Å². The van der Waals surface area contributed by atoms with Gasteiger partial charge in [-0.15, -0.1) is 0 Å². The molecule has 1 rings (SSSR count). The number of carboxylic acid groups (broad SMARTS) is 1. The number of nitrogens with one attached hydrogen (secondary N) is 2. The molecule has 0 aromatic carbocycles. The lowest BCUT2D eigenvalue weighted by Gasteiger charge is -2.14. The minimum absolute atomic E-state index is 0.180. The molecular formula is C10H13N3O4. The average molecular weight is 239 g/mol. The summed E-state index contributed by atoms with van der Waals surface area (Å²) in [4.78, 5) is 33.1. The molecule has 1 heterocycles. The highest BCUT2D eigenvalue weighted by Gasteiger charge is 2.25. The van der Waals surface area contributed by atoms with E-state index in [0.29, 0.717) is 0 Å². The van der Waals surface area contributed by atoms with E-state index in [1.54, 1.807) is 0 Å². The fourth-order valence-electron chi connectivity index (χ4n) is 1.10. The molecule has 7 heteroatoms. The van der Waals surface area contributed by atoms with E-state index in [0.717, 1.165) is 0 Å². The van der Waals surface area contributed by atoms with Gasteiger partial charge in [-0.05, 0) is 6.07 Å². The quantitative estimate of drug-likeness (QED) is 0.688.